The van der Waals surface area contributed by atoms with Crippen LogP contribution < -0.4 is 5.32 Å². The maximum Gasteiger partial charge on any atom is 0.0429 e. The SMILES string of the molecule is CCN(CC(C)C)C[C@@H]1Cc2ccccc2N1. The van der Waals surface area contributed by atoms with Crippen molar-refractivity contribution in [1.29, 1.82) is 0 Å². The summed E-state index contributed by atoms with van der Waals surface area (Å²) in [5, 5.41) is 3.63. The lowest BCUT2D eigenvalue weighted by Gasteiger charge is -2.26. The largest absolute Gasteiger partial charge is 0.380 e. The van der Waals surface area contributed by atoms with Gasteiger partial charge in [0.25, 0.3) is 0 Å². The first-order valence-corrected chi connectivity index (χ1v) is 6.75. The van der Waals surface area contributed by atoms with Crippen LogP contribution in [-0.2, 0) is 6.42 Å². The molecule has 2 nitrogen and oxygen atoms in total. The van der Waals surface area contributed by atoms with Crippen LogP contribution in [0.2, 0.25) is 0 Å². The van der Waals surface area contributed by atoms with Crippen LogP contribution >= 0.6 is 0 Å². The van der Waals surface area contributed by atoms with Crippen LogP contribution in [0.4, 0.5) is 5.69 Å². The summed E-state index contributed by atoms with van der Waals surface area (Å²) in [5.74, 6) is 0.749. The lowest BCUT2D eigenvalue weighted by atomic mass is 10.1. The third-order valence-electron chi connectivity index (χ3n) is 3.39. The molecular formula is C15H24N2. The molecule has 0 spiro atoms. The van der Waals surface area contributed by atoms with Crippen LogP contribution in [0.25, 0.3) is 0 Å². The number of likely N-dealkylation sites (N-methyl/N-ethyl adjacent to an activating group) is 1. The molecule has 0 saturated heterocycles. The summed E-state index contributed by atoms with van der Waals surface area (Å²) < 4.78 is 0. The molecule has 2 heteroatoms. The minimum Gasteiger partial charge on any atom is -0.380 e. The Labute approximate surface area is 105 Å². The van der Waals surface area contributed by atoms with Crippen LogP contribution in [0.1, 0.15) is 26.3 Å². The highest BCUT2D eigenvalue weighted by molar-refractivity contribution is 5.56. The van der Waals surface area contributed by atoms with Gasteiger partial charge in [0.05, 0.1) is 0 Å². The first-order valence-electron chi connectivity index (χ1n) is 6.75. The topological polar surface area (TPSA) is 15.3 Å². The van der Waals surface area contributed by atoms with Gasteiger partial charge < -0.3 is 10.2 Å². The lowest BCUT2D eigenvalue weighted by molar-refractivity contribution is 0.247. The summed E-state index contributed by atoms with van der Waals surface area (Å²) in [6.07, 6.45) is 1.17. The Balaban J connectivity index is 1.90. The van der Waals surface area contributed by atoms with Gasteiger partial charge in [0.2, 0.25) is 0 Å². The van der Waals surface area contributed by atoms with Crippen molar-refractivity contribution in [3.05, 3.63) is 29.8 Å². The maximum atomic E-state index is 3.63. The van der Waals surface area contributed by atoms with E-state index in [0.29, 0.717) is 6.04 Å². The first kappa shape index (κ1) is 12.4. The van der Waals surface area contributed by atoms with Crippen molar-refractivity contribution in [2.24, 2.45) is 5.92 Å². The highest BCUT2D eigenvalue weighted by Gasteiger charge is 2.21. The van der Waals surface area contributed by atoms with E-state index in [-0.39, 0.29) is 0 Å². The summed E-state index contributed by atoms with van der Waals surface area (Å²) in [6.45, 7) is 10.3. The lowest BCUT2D eigenvalue weighted by Crippen LogP contribution is -2.37. The van der Waals surface area contributed by atoms with Crippen LogP contribution in [0, 0.1) is 5.92 Å². The molecule has 17 heavy (non-hydrogen) atoms. The Kier molecular flexibility index (Phi) is 4.06. The molecule has 0 radical (unpaired) electrons. The number of benzene rings is 1. The number of fused-ring (bicyclic) bond motifs is 1. The monoisotopic (exact) mass is 232 g/mol. The fourth-order valence-electron chi connectivity index (χ4n) is 2.65. The van der Waals surface area contributed by atoms with Crippen LogP contribution in [0.3, 0.4) is 0 Å². The summed E-state index contributed by atoms with van der Waals surface area (Å²) in [7, 11) is 0. The van der Waals surface area contributed by atoms with E-state index in [0.717, 1.165) is 19.0 Å². The van der Waals surface area contributed by atoms with Gasteiger partial charge in [0.1, 0.15) is 0 Å². The fourth-order valence-corrected chi connectivity index (χ4v) is 2.65. The van der Waals surface area contributed by atoms with Gasteiger partial charge in [0.15, 0.2) is 0 Å². The second-order valence-electron chi connectivity index (χ2n) is 5.45. The minimum atomic E-state index is 0.589. The van der Waals surface area contributed by atoms with E-state index in [4.69, 9.17) is 0 Å². The molecule has 0 aliphatic carbocycles. The van der Waals surface area contributed by atoms with Gasteiger partial charge in [-0.3, -0.25) is 0 Å². The van der Waals surface area contributed by atoms with Crippen molar-refractivity contribution in [3.63, 3.8) is 0 Å². The molecule has 0 amide bonds. The highest BCUT2D eigenvalue weighted by atomic mass is 15.2. The van der Waals surface area contributed by atoms with Gasteiger partial charge in [-0.15, -0.1) is 0 Å². The fraction of sp³-hybridized carbons (Fsp3) is 0.600. The molecule has 0 bridgehead atoms. The number of nitrogens with one attached hydrogen (secondary N) is 1. The average molecular weight is 232 g/mol. The van der Waals surface area contributed by atoms with Gasteiger partial charge in [-0.05, 0) is 30.5 Å². The van der Waals surface area contributed by atoms with E-state index in [9.17, 15) is 0 Å². The molecule has 2 rings (SSSR count). The number of nitrogens with zero attached hydrogens (tertiary/aromatic N) is 1. The maximum absolute atomic E-state index is 3.63. The standard InChI is InChI=1S/C15H24N2/c1-4-17(10-12(2)3)11-14-9-13-7-5-6-8-15(13)16-14/h5-8,12,14,16H,4,9-11H2,1-3H3/t14-/m0/s1. The third-order valence-corrected chi connectivity index (χ3v) is 3.39. The average Bonchev–Trinajstić information content (AvgIpc) is 2.69. The molecule has 0 aromatic heterocycles. The molecular weight excluding hydrogens is 208 g/mol. The number of anilines is 1. The molecule has 0 fully saturated rings. The van der Waals surface area contributed by atoms with Gasteiger partial charge in [0, 0.05) is 24.8 Å². The first-order chi connectivity index (χ1) is 8.19. The molecule has 0 saturated carbocycles. The zero-order chi connectivity index (χ0) is 12.3. The van der Waals surface area contributed by atoms with Crippen molar-refractivity contribution >= 4 is 5.69 Å². The van der Waals surface area contributed by atoms with Gasteiger partial charge in [-0.2, -0.15) is 0 Å². The second-order valence-corrected chi connectivity index (χ2v) is 5.45. The van der Waals surface area contributed by atoms with Crippen molar-refractivity contribution < 1.29 is 0 Å². The predicted molar refractivity (Wildman–Crippen MR) is 74.5 cm³/mol. The van der Waals surface area contributed by atoms with Crippen molar-refractivity contribution in [3.8, 4) is 0 Å². The Bertz CT molecular complexity index is 335. The summed E-state index contributed by atoms with van der Waals surface area (Å²) in [5.41, 5.74) is 2.80. The zero-order valence-electron chi connectivity index (χ0n) is 11.2. The molecule has 1 atom stereocenters. The normalized spacial score (nSPS) is 18.5. The minimum absolute atomic E-state index is 0.589. The zero-order valence-corrected chi connectivity index (χ0v) is 11.2. The number of hydrogen-bond donors (Lipinski definition) is 1. The quantitative estimate of drug-likeness (QED) is 0.839. The molecule has 94 valence electrons. The summed E-state index contributed by atoms with van der Waals surface area (Å²) in [6, 6.07) is 9.26. The van der Waals surface area contributed by atoms with E-state index in [1.54, 1.807) is 0 Å². The van der Waals surface area contributed by atoms with E-state index >= 15 is 0 Å². The van der Waals surface area contributed by atoms with Crippen LogP contribution in [0.15, 0.2) is 24.3 Å². The Hall–Kier alpha value is -1.02. The van der Waals surface area contributed by atoms with Crippen LogP contribution in [0.5, 0.6) is 0 Å². The smallest absolute Gasteiger partial charge is 0.0429 e. The van der Waals surface area contributed by atoms with E-state index in [1.165, 1.54) is 24.2 Å². The molecule has 1 aromatic rings. The van der Waals surface area contributed by atoms with Crippen molar-refractivity contribution in [1.82, 2.24) is 4.90 Å². The van der Waals surface area contributed by atoms with Gasteiger partial charge in [-0.25, -0.2) is 0 Å². The molecule has 1 N–H and O–H groups in total. The van der Waals surface area contributed by atoms with Crippen molar-refractivity contribution in [2.75, 3.05) is 25.0 Å². The van der Waals surface area contributed by atoms with E-state index in [1.807, 2.05) is 0 Å². The number of hydrogen-bond acceptors (Lipinski definition) is 2. The predicted octanol–water partition coefficient (Wildman–Crippen LogP) is 3.00. The summed E-state index contributed by atoms with van der Waals surface area (Å²) in [4.78, 5) is 2.55. The molecule has 0 unspecified atom stereocenters. The molecule has 1 heterocycles. The number of rotatable bonds is 5. The third kappa shape index (κ3) is 3.22. The Morgan fingerprint density at radius 1 is 1.35 bits per heavy atom. The van der Waals surface area contributed by atoms with Gasteiger partial charge in [-0.1, -0.05) is 39.0 Å². The Morgan fingerprint density at radius 2 is 2.12 bits per heavy atom. The molecule has 1 aromatic carbocycles. The van der Waals surface area contributed by atoms with E-state index < -0.39 is 0 Å². The van der Waals surface area contributed by atoms with Crippen molar-refractivity contribution in [2.45, 2.75) is 33.2 Å². The molecule has 1 aliphatic rings. The van der Waals surface area contributed by atoms with Crippen LogP contribution in [-0.4, -0.2) is 30.6 Å². The van der Waals surface area contributed by atoms with E-state index in [2.05, 4.69) is 55.3 Å². The highest BCUT2D eigenvalue weighted by Crippen LogP contribution is 2.25. The molecule has 1 aliphatic heterocycles. The second kappa shape index (κ2) is 5.54. The summed E-state index contributed by atoms with van der Waals surface area (Å²) >= 11 is 0. The Morgan fingerprint density at radius 3 is 2.76 bits per heavy atom. The number of para-hydroxylation sites is 1. The van der Waals surface area contributed by atoms with Gasteiger partial charge >= 0.3 is 0 Å².